The standard InChI is InChI=1S/C12H13Cl2N3OS/c1-3-19-11-5-4-6-15-12(11)17(2)16-7-9(13)10(14)8-18/h4-8H,3H2,1-2H3/b10-9-,16-7-. The summed E-state index contributed by atoms with van der Waals surface area (Å²) in [5, 5.41) is 5.69. The summed E-state index contributed by atoms with van der Waals surface area (Å²) in [7, 11) is 1.75. The van der Waals surface area contributed by atoms with Crippen molar-refractivity contribution in [2.45, 2.75) is 11.8 Å². The van der Waals surface area contributed by atoms with Gasteiger partial charge in [0, 0.05) is 13.2 Å². The normalized spacial score (nSPS) is 12.4. The van der Waals surface area contributed by atoms with Gasteiger partial charge < -0.3 is 0 Å². The predicted octanol–water partition coefficient (Wildman–Crippen LogP) is 3.50. The molecule has 0 unspecified atom stereocenters. The van der Waals surface area contributed by atoms with Crippen molar-refractivity contribution in [1.29, 1.82) is 0 Å². The van der Waals surface area contributed by atoms with E-state index in [1.54, 1.807) is 30.0 Å². The fraction of sp³-hybridized carbons (Fsp3) is 0.250. The summed E-state index contributed by atoms with van der Waals surface area (Å²) < 4.78 is 0. The van der Waals surface area contributed by atoms with Crippen LogP contribution in [-0.2, 0) is 4.79 Å². The molecule has 19 heavy (non-hydrogen) atoms. The fourth-order valence-electron chi connectivity index (χ4n) is 1.20. The Hall–Kier alpha value is -1.04. The summed E-state index contributed by atoms with van der Waals surface area (Å²) in [6.45, 7) is 2.06. The molecule has 0 saturated carbocycles. The second-order valence-corrected chi connectivity index (χ2v) is 5.46. The number of carbonyl (C=O) groups is 1. The molecule has 0 aliphatic carbocycles. The first-order valence-corrected chi connectivity index (χ1v) is 7.20. The predicted molar refractivity (Wildman–Crippen MR) is 82.3 cm³/mol. The van der Waals surface area contributed by atoms with Gasteiger partial charge in [0.1, 0.15) is 5.03 Å². The molecule has 0 radical (unpaired) electrons. The lowest BCUT2D eigenvalue weighted by molar-refractivity contribution is -0.104. The van der Waals surface area contributed by atoms with Gasteiger partial charge >= 0.3 is 0 Å². The van der Waals surface area contributed by atoms with Crippen LogP contribution in [0, 0.1) is 0 Å². The van der Waals surface area contributed by atoms with Gasteiger partial charge in [0.2, 0.25) is 0 Å². The van der Waals surface area contributed by atoms with Crippen LogP contribution in [0.1, 0.15) is 6.92 Å². The number of allylic oxidation sites excluding steroid dienone is 2. The molecule has 7 heteroatoms. The van der Waals surface area contributed by atoms with Crippen LogP contribution in [0.15, 0.2) is 38.4 Å². The van der Waals surface area contributed by atoms with Crippen LogP contribution >= 0.6 is 35.0 Å². The first-order valence-electron chi connectivity index (χ1n) is 5.46. The number of thioether (sulfide) groups is 1. The molecule has 1 aromatic rings. The average molecular weight is 318 g/mol. The first-order chi connectivity index (χ1) is 9.10. The molecule has 0 aromatic carbocycles. The molecule has 4 nitrogen and oxygen atoms in total. The summed E-state index contributed by atoms with van der Waals surface area (Å²) in [4.78, 5) is 15.7. The van der Waals surface area contributed by atoms with Gasteiger partial charge in [-0.05, 0) is 17.9 Å². The molecular weight excluding hydrogens is 305 g/mol. The Balaban J connectivity index is 2.92. The second-order valence-electron chi connectivity index (χ2n) is 3.34. The number of aldehydes is 1. The van der Waals surface area contributed by atoms with E-state index in [0.717, 1.165) is 16.5 Å². The van der Waals surface area contributed by atoms with Crippen LogP contribution in [0.2, 0.25) is 0 Å². The number of aromatic nitrogens is 1. The number of nitrogens with zero attached hydrogens (tertiary/aromatic N) is 3. The Kier molecular flexibility index (Phi) is 6.91. The Labute approximate surface area is 126 Å². The van der Waals surface area contributed by atoms with E-state index >= 15 is 0 Å². The van der Waals surface area contributed by atoms with Crippen molar-refractivity contribution in [2.24, 2.45) is 5.10 Å². The van der Waals surface area contributed by atoms with Gasteiger partial charge in [-0.15, -0.1) is 11.8 Å². The number of hydrazone groups is 1. The van der Waals surface area contributed by atoms with Crippen molar-refractivity contribution < 1.29 is 4.79 Å². The van der Waals surface area contributed by atoms with Gasteiger partial charge in [-0.3, -0.25) is 9.80 Å². The Bertz CT molecular complexity index is 506. The van der Waals surface area contributed by atoms with Crippen molar-refractivity contribution in [2.75, 3.05) is 17.8 Å². The molecule has 0 amide bonds. The van der Waals surface area contributed by atoms with Crippen LogP contribution in [0.3, 0.4) is 0 Å². The molecule has 1 aromatic heterocycles. The van der Waals surface area contributed by atoms with E-state index in [2.05, 4.69) is 17.0 Å². The molecule has 0 N–H and O–H groups in total. The maximum Gasteiger partial charge on any atom is 0.162 e. The van der Waals surface area contributed by atoms with Gasteiger partial charge in [0.05, 0.1) is 16.1 Å². The van der Waals surface area contributed by atoms with Crippen LogP contribution < -0.4 is 5.01 Å². The summed E-state index contributed by atoms with van der Waals surface area (Å²) in [6.07, 6.45) is 3.47. The monoisotopic (exact) mass is 317 g/mol. The molecule has 0 bridgehead atoms. The number of carbonyl (C=O) groups excluding carboxylic acids is 1. The lowest BCUT2D eigenvalue weighted by atomic mass is 10.4. The van der Waals surface area contributed by atoms with E-state index in [9.17, 15) is 4.79 Å². The van der Waals surface area contributed by atoms with Crippen LogP contribution in [0.4, 0.5) is 5.82 Å². The van der Waals surface area contributed by atoms with Crippen molar-refractivity contribution in [3.63, 3.8) is 0 Å². The zero-order valence-electron chi connectivity index (χ0n) is 10.5. The molecular formula is C12H13Cl2N3OS. The second kappa shape index (κ2) is 8.19. The summed E-state index contributed by atoms with van der Waals surface area (Å²) in [5.74, 6) is 1.66. The molecule has 0 spiro atoms. The van der Waals surface area contributed by atoms with E-state index in [4.69, 9.17) is 23.2 Å². The summed E-state index contributed by atoms with van der Waals surface area (Å²) >= 11 is 13.0. The average Bonchev–Trinajstić information content (AvgIpc) is 2.44. The quantitative estimate of drug-likeness (QED) is 0.265. The zero-order valence-corrected chi connectivity index (χ0v) is 12.8. The highest BCUT2D eigenvalue weighted by Gasteiger charge is 2.07. The third-order valence-corrected chi connectivity index (χ3v) is 3.64. The van der Waals surface area contributed by atoms with Crippen molar-refractivity contribution >= 4 is 53.3 Å². The van der Waals surface area contributed by atoms with E-state index in [1.165, 1.54) is 6.21 Å². The third kappa shape index (κ3) is 4.86. The number of halogens is 2. The molecule has 0 saturated heterocycles. The molecule has 0 aliphatic heterocycles. The minimum absolute atomic E-state index is 0.0806. The smallest absolute Gasteiger partial charge is 0.162 e. The number of hydrogen-bond donors (Lipinski definition) is 0. The SMILES string of the molecule is CCSc1cccnc1N(C)/N=C\C(Cl)=C(\Cl)C=O. The molecule has 1 rings (SSSR count). The Morgan fingerprint density at radius 2 is 2.26 bits per heavy atom. The molecule has 0 fully saturated rings. The number of rotatable bonds is 6. The van der Waals surface area contributed by atoms with Gasteiger partial charge in [0.25, 0.3) is 0 Å². The molecule has 0 atom stereocenters. The maximum atomic E-state index is 10.4. The maximum absolute atomic E-state index is 10.4. The van der Waals surface area contributed by atoms with Crippen molar-refractivity contribution in [3.8, 4) is 0 Å². The van der Waals surface area contributed by atoms with Gasteiger partial charge in [0.15, 0.2) is 12.1 Å². The van der Waals surface area contributed by atoms with Gasteiger partial charge in [-0.25, -0.2) is 4.98 Å². The van der Waals surface area contributed by atoms with E-state index < -0.39 is 0 Å². The lowest BCUT2D eigenvalue weighted by Crippen LogP contribution is -2.11. The highest BCUT2D eigenvalue weighted by Crippen LogP contribution is 2.27. The summed E-state index contributed by atoms with van der Waals surface area (Å²) in [6, 6.07) is 3.84. The highest BCUT2D eigenvalue weighted by molar-refractivity contribution is 7.99. The fourth-order valence-corrected chi connectivity index (χ4v) is 2.14. The summed E-state index contributed by atoms with van der Waals surface area (Å²) in [5.41, 5.74) is 0. The van der Waals surface area contributed by atoms with E-state index in [1.807, 2.05) is 12.1 Å². The van der Waals surface area contributed by atoms with Crippen LogP contribution in [0.25, 0.3) is 0 Å². The molecule has 0 aliphatic rings. The Morgan fingerprint density at radius 3 is 2.89 bits per heavy atom. The van der Waals surface area contributed by atoms with Crippen LogP contribution in [-0.4, -0.2) is 30.3 Å². The molecule has 1 heterocycles. The van der Waals surface area contributed by atoms with Gasteiger partial charge in [-0.2, -0.15) is 5.10 Å². The largest absolute Gasteiger partial charge is 0.297 e. The third-order valence-electron chi connectivity index (χ3n) is 2.03. The van der Waals surface area contributed by atoms with Crippen molar-refractivity contribution in [3.05, 3.63) is 28.4 Å². The van der Waals surface area contributed by atoms with E-state index in [0.29, 0.717) is 6.29 Å². The highest BCUT2D eigenvalue weighted by atomic mass is 35.5. The van der Waals surface area contributed by atoms with Gasteiger partial charge in [-0.1, -0.05) is 30.1 Å². The zero-order chi connectivity index (χ0) is 14.3. The minimum Gasteiger partial charge on any atom is -0.297 e. The minimum atomic E-state index is -0.0806. The topological polar surface area (TPSA) is 45.6 Å². The van der Waals surface area contributed by atoms with E-state index in [-0.39, 0.29) is 10.1 Å². The van der Waals surface area contributed by atoms with Crippen molar-refractivity contribution in [1.82, 2.24) is 4.98 Å². The number of hydrogen-bond acceptors (Lipinski definition) is 5. The lowest BCUT2D eigenvalue weighted by Gasteiger charge is -2.14. The first kappa shape index (κ1) is 16.0. The number of anilines is 1. The number of pyridine rings is 1. The molecule has 102 valence electrons. The Morgan fingerprint density at radius 1 is 1.53 bits per heavy atom. The van der Waals surface area contributed by atoms with Crippen LogP contribution in [0.5, 0.6) is 0 Å².